The van der Waals surface area contributed by atoms with Crippen molar-refractivity contribution >= 4 is 44.0 Å². The molecule has 1 aromatic heterocycles. The van der Waals surface area contributed by atoms with Crippen LogP contribution in [-0.4, -0.2) is 55.1 Å². The van der Waals surface area contributed by atoms with Crippen molar-refractivity contribution in [3.05, 3.63) is 63.0 Å². The minimum absolute atomic E-state index is 0. The fourth-order valence-corrected chi connectivity index (χ4v) is 5.18. The molecular formula is C22H29ClFN3O5S2. The molecule has 0 aliphatic heterocycles. The van der Waals surface area contributed by atoms with Gasteiger partial charge in [0.1, 0.15) is 17.1 Å². The monoisotopic (exact) mass is 533 g/mol. The molecule has 1 atom stereocenters. The van der Waals surface area contributed by atoms with Crippen molar-refractivity contribution in [1.82, 2.24) is 9.88 Å². The molecule has 0 saturated heterocycles. The zero-order valence-electron chi connectivity index (χ0n) is 18.7. The number of rotatable bonds is 12. The standard InChI is InChI=1S/C22H28FN3O5S2.ClH/c1-2-26(12-9-16-5-8-18(27)20-21(16)32-22(28)25-20)13-10-19(33(24,29)30)31-14-11-15-3-6-17(23)7-4-15;/h3-8,19,27H,2,9-14H2,1H3,(H,25,28)(H2,24,29,30);1H. The molecule has 4 N–H and O–H groups in total. The van der Waals surface area contributed by atoms with Crippen LogP contribution in [0.25, 0.3) is 10.2 Å². The zero-order chi connectivity index (χ0) is 24.0. The highest BCUT2D eigenvalue weighted by molar-refractivity contribution is 7.89. The molecule has 0 fully saturated rings. The van der Waals surface area contributed by atoms with Gasteiger partial charge < -0.3 is 19.7 Å². The first kappa shape index (κ1) is 28.2. The van der Waals surface area contributed by atoms with Gasteiger partial charge in [0.15, 0.2) is 5.44 Å². The number of H-pyrrole nitrogens is 1. The summed E-state index contributed by atoms with van der Waals surface area (Å²) in [6.07, 6.45) is 1.28. The quantitative estimate of drug-likeness (QED) is 0.328. The summed E-state index contributed by atoms with van der Waals surface area (Å²) in [5, 5.41) is 15.3. The number of aromatic nitrogens is 1. The molecule has 34 heavy (non-hydrogen) atoms. The highest BCUT2D eigenvalue weighted by Gasteiger charge is 2.23. The molecule has 0 aliphatic rings. The molecule has 0 aliphatic carbocycles. The number of nitrogens with two attached hydrogens (primary N) is 1. The van der Waals surface area contributed by atoms with E-state index in [4.69, 9.17) is 9.88 Å². The van der Waals surface area contributed by atoms with Crippen molar-refractivity contribution in [3.8, 4) is 5.75 Å². The van der Waals surface area contributed by atoms with Gasteiger partial charge in [-0.2, -0.15) is 0 Å². The van der Waals surface area contributed by atoms with Gasteiger partial charge in [0.25, 0.3) is 0 Å². The highest BCUT2D eigenvalue weighted by atomic mass is 35.5. The number of halogens is 2. The Morgan fingerprint density at radius 2 is 1.88 bits per heavy atom. The summed E-state index contributed by atoms with van der Waals surface area (Å²) < 4.78 is 43.3. The SMILES string of the molecule is CCN(CCc1ccc(O)c2[nH]c(=O)sc12)CCC(OCCc1ccc(F)cc1)S(N)(=O)=O.Cl. The minimum Gasteiger partial charge on any atom is -0.506 e. The average molecular weight is 534 g/mol. The van der Waals surface area contributed by atoms with Crippen LogP contribution in [0.3, 0.4) is 0 Å². The maximum Gasteiger partial charge on any atom is 0.305 e. The molecule has 3 aromatic rings. The third-order valence-corrected chi connectivity index (χ3v) is 7.50. The van der Waals surface area contributed by atoms with E-state index in [2.05, 4.69) is 9.88 Å². The number of aromatic hydroxyl groups is 1. The van der Waals surface area contributed by atoms with E-state index >= 15 is 0 Å². The molecule has 0 spiro atoms. The number of fused-ring (bicyclic) bond motifs is 1. The van der Waals surface area contributed by atoms with Crippen molar-refractivity contribution in [1.29, 1.82) is 0 Å². The summed E-state index contributed by atoms with van der Waals surface area (Å²) in [6, 6.07) is 9.30. The number of phenols is 1. The second kappa shape index (κ2) is 12.6. The van der Waals surface area contributed by atoms with Crippen LogP contribution < -0.4 is 10.0 Å². The number of sulfonamides is 1. The Hall–Kier alpha value is -2.02. The predicted octanol–water partition coefficient (Wildman–Crippen LogP) is 2.98. The van der Waals surface area contributed by atoms with E-state index in [1.54, 1.807) is 24.3 Å². The summed E-state index contributed by atoms with van der Waals surface area (Å²) in [4.78, 5) is 16.2. The van der Waals surface area contributed by atoms with E-state index in [1.807, 2.05) is 6.92 Å². The lowest BCUT2D eigenvalue weighted by Gasteiger charge is -2.23. The van der Waals surface area contributed by atoms with Crippen LogP contribution in [0.5, 0.6) is 5.75 Å². The number of primary sulfonamides is 1. The van der Waals surface area contributed by atoms with E-state index in [0.717, 1.165) is 27.2 Å². The fraction of sp³-hybridized carbons (Fsp3) is 0.409. The molecule has 3 rings (SSSR count). The number of hydrogen-bond donors (Lipinski definition) is 3. The van der Waals surface area contributed by atoms with Crippen molar-refractivity contribution in [3.63, 3.8) is 0 Å². The Kier molecular flexibility index (Phi) is 10.5. The number of ether oxygens (including phenoxy) is 1. The third kappa shape index (κ3) is 7.76. The number of nitrogens with one attached hydrogen (secondary N) is 1. The van der Waals surface area contributed by atoms with E-state index in [1.165, 1.54) is 12.1 Å². The van der Waals surface area contributed by atoms with Gasteiger partial charge in [-0.15, -0.1) is 12.4 Å². The first-order chi connectivity index (χ1) is 15.7. The van der Waals surface area contributed by atoms with Crippen LogP contribution >= 0.6 is 23.7 Å². The van der Waals surface area contributed by atoms with Crippen LogP contribution in [0.2, 0.25) is 0 Å². The van der Waals surface area contributed by atoms with Gasteiger partial charge in [-0.3, -0.25) is 4.79 Å². The van der Waals surface area contributed by atoms with Crippen LogP contribution in [-0.2, 0) is 27.6 Å². The number of aromatic amines is 1. The number of phenolic OH excluding ortho intramolecular Hbond substituents is 1. The number of nitrogens with zero attached hydrogens (tertiary/aromatic N) is 1. The van der Waals surface area contributed by atoms with Gasteiger partial charge in [-0.05, 0) is 48.7 Å². The lowest BCUT2D eigenvalue weighted by atomic mass is 10.1. The third-order valence-electron chi connectivity index (χ3n) is 5.44. The van der Waals surface area contributed by atoms with Gasteiger partial charge in [-0.1, -0.05) is 36.5 Å². The molecule has 1 unspecified atom stereocenters. The van der Waals surface area contributed by atoms with Crippen molar-refractivity contribution < 1.29 is 22.7 Å². The second-order valence-electron chi connectivity index (χ2n) is 7.70. The van der Waals surface area contributed by atoms with E-state index in [-0.39, 0.29) is 41.9 Å². The largest absolute Gasteiger partial charge is 0.506 e. The van der Waals surface area contributed by atoms with Crippen LogP contribution in [0, 0.1) is 5.82 Å². The van der Waals surface area contributed by atoms with Crippen molar-refractivity contribution in [2.75, 3.05) is 26.2 Å². The molecule has 0 amide bonds. The lowest BCUT2D eigenvalue weighted by Crippen LogP contribution is -2.36. The molecule has 0 bridgehead atoms. The smallest absolute Gasteiger partial charge is 0.305 e. The first-order valence-electron chi connectivity index (χ1n) is 10.6. The predicted molar refractivity (Wildman–Crippen MR) is 135 cm³/mol. The minimum atomic E-state index is -3.90. The highest BCUT2D eigenvalue weighted by Crippen LogP contribution is 2.28. The van der Waals surface area contributed by atoms with Gasteiger partial charge in [-0.25, -0.2) is 17.9 Å². The van der Waals surface area contributed by atoms with E-state index in [0.29, 0.717) is 38.0 Å². The maximum atomic E-state index is 13.0. The van der Waals surface area contributed by atoms with E-state index < -0.39 is 15.5 Å². The molecule has 0 saturated carbocycles. The summed E-state index contributed by atoms with van der Waals surface area (Å²) in [5.41, 5.74) is 1.08. The molecule has 188 valence electrons. The number of likely N-dealkylation sites (N-methyl/N-ethyl adjacent to an activating group) is 1. The normalized spacial score (nSPS) is 12.7. The number of hydrogen-bond acceptors (Lipinski definition) is 7. The number of benzene rings is 2. The molecule has 0 radical (unpaired) electrons. The van der Waals surface area contributed by atoms with Gasteiger partial charge >= 0.3 is 4.87 Å². The van der Waals surface area contributed by atoms with Gasteiger partial charge in [0.05, 0.1) is 11.3 Å². The molecule has 2 aromatic carbocycles. The topological polar surface area (TPSA) is 126 Å². The van der Waals surface area contributed by atoms with E-state index in [9.17, 15) is 22.7 Å². The maximum absolute atomic E-state index is 13.0. The Morgan fingerprint density at radius 3 is 2.53 bits per heavy atom. The summed E-state index contributed by atoms with van der Waals surface area (Å²) >= 11 is 1.06. The Morgan fingerprint density at radius 1 is 1.18 bits per heavy atom. The molecule has 12 heteroatoms. The summed E-state index contributed by atoms with van der Waals surface area (Å²) in [6.45, 7) is 3.91. The zero-order valence-corrected chi connectivity index (χ0v) is 21.1. The van der Waals surface area contributed by atoms with Crippen LogP contribution in [0.1, 0.15) is 24.5 Å². The van der Waals surface area contributed by atoms with Crippen LogP contribution in [0.4, 0.5) is 4.39 Å². The molecular weight excluding hydrogens is 505 g/mol. The van der Waals surface area contributed by atoms with Crippen LogP contribution in [0.15, 0.2) is 41.2 Å². The van der Waals surface area contributed by atoms with Crippen molar-refractivity contribution in [2.24, 2.45) is 5.14 Å². The fourth-order valence-electron chi connectivity index (χ4n) is 3.57. The Balaban J connectivity index is 0.00000408. The lowest BCUT2D eigenvalue weighted by molar-refractivity contribution is 0.0927. The van der Waals surface area contributed by atoms with Gasteiger partial charge in [0.2, 0.25) is 10.0 Å². The Labute approximate surface area is 208 Å². The Bertz CT molecular complexity index is 1230. The van der Waals surface area contributed by atoms with Gasteiger partial charge in [0, 0.05) is 19.5 Å². The first-order valence-corrected chi connectivity index (χ1v) is 13.0. The molecule has 8 nitrogen and oxygen atoms in total. The summed E-state index contributed by atoms with van der Waals surface area (Å²) in [5.74, 6) is -0.298. The average Bonchev–Trinajstić information content (AvgIpc) is 3.16. The van der Waals surface area contributed by atoms with Crippen molar-refractivity contribution in [2.45, 2.75) is 31.6 Å². The second-order valence-corrected chi connectivity index (χ2v) is 10.4. The number of thiazole rings is 1. The molecule has 1 heterocycles. The summed E-state index contributed by atoms with van der Waals surface area (Å²) in [7, 11) is -3.90.